The van der Waals surface area contributed by atoms with E-state index in [1.54, 1.807) is 0 Å². The summed E-state index contributed by atoms with van der Waals surface area (Å²) in [4.78, 5) is 4.75. The SMILES string of the molecule is CCNC(=NCc1c(C)nn(C)c1C)NC(C)c1ccccc1C. The monoisotopic (exact) mass is 327 g/mol. The predicted octanol–water partition coefficient (Wildman–Crippen LogP) is 3.16. The Morgan fingerprint density at radius 3 is 2.54 bits per heavy atom. The molecule has 0 fully saturated rings. The van der Waals surface area contributed by atoms with Gasteiger partial charge in [-0.15, -0.1) is 0 Å². The number of hydrogen-bond acceptors (Lipinski definition) is 2. The number of nitrogens with one attached hydrogen (secondary N) is 2. The number of aryl methyl sites for hydroxylation is 3. The van der Waals surface area contributed by atoms with Gasteiger partial charge in [-0.25, -0.2) is 4.99 Å². The molecule has 130 valence electrons. The molecule has 1 aromatic carbocycles. The van der Waals surface area contributed by atoms with E-state index in [2.05, 4.69) is 67.7 Å². The molecule has 0 amide bonds. The molecule has 1 heterocycles. The number of guanidine groups is 1. The average molecular weight is 327 g/mol. The van der Waals surface area contributed by atoms with E-state index in [-0.39, 0.29) is 6.04 Å². The fraction of sp³-hybridized carbons (Fsp3) is 0.474. The van der Waals surface area contributed by atoms with Crippen LogP contribution in [0.2, 0.25) is 0 Å². The normalized spacial score (nSPS) is 13.0. The molecule has 0 aliphatic heterocycles. The molecule has 0 radical (unpaired) electrons. The van der Waals surface area contributed by atoms with Gasteiger partial charge >= 0.3 is 0 Å². The van der Waals surface area contributed by atoms with E-state index in [1.165, 1.54) is 22.4 Å². The maximum absolute atomic E-state index is 4.75. The van der Waals surface area contributed by atoms with Gasteiger partial charge in [0, 0.05) is 24.8 Å². The summed E-state index contributed by atoms with van der Waals surface area (Å²) in [5, 5.41) is 11.3. The Kier molecular flexibility index (Phi) is 6.01. The number of benzene rings is 1. The van der Waals surface area contributed by atoms with Crippen molar-refractivity contribution >= 4 is 5.96 Å². The van der Waals surface area contributed by atoms with Crippen molar-refractivity contribution in [2.75, 3.05) is 6.54 Å². The molecule has 24 heavy (non-hydrogen) atoms. The lowest BCUT2D eigenvalue weighted by molar-refractivity contribution is 0.682. The molecule has 1 aromatic heterocycles. The van der Waals surface area contributed by atoms with Crippen LogP contribution in [0.1, 0.15) is 48.0 Å². The lowest BCUT2D eigenvalue weighted by Gasteiger charge is -2.19. The van der Waals surface area contributed by atoms with Crippen LogP contribution in [-0.4, -0.2) is 22.3 Å². The fourth-order valence-electron chi connectivity index (χ4n) is 2.88. The van der Waals surface area contributed by atoms with Crippen molar-refractivity contribution in [3.05, 3.63) is 52.3 Å². The van der Waals surface area contributed by atoms with Crippen molar-refractivity contribution in [2.24, 2.45) is 12.0 Å². The largest absolute Gasteiger partial charge is 0.357 e. The summed E-state index contributed by atoms with van der Waals surface area (Å²) in [5.74, 6) is 0.830. The molecule has 0 bridgehead atoms. The van der Waals surface area contributed by atoms with E-state index in [1.807, 2.05) is 18.7 Å². The number of hydrogen-bond donors (Lipinski definition) is 2. The smallest absolute Gasteiger partial charge is 0.192 e. The van der Waals surface area contributed by atoms with Crippen molar-refractivity contribution in [1.82, 2.24) is 20.4 Å². The molecule has 1 unspecified atom stereocenters. The zero-order valence-electron chi connectivity index (χ0n) is 15.6. The maximum Gasteiger partial charge on any atom is 0.192 e. The summed E-state index contributed by atoms with van der Waals surface area (Å²) in [6, 6.07) is 8.64. The van der Waals surface area contributed by atoms with Gasteiger partial charge in [0.15, 0.2) is 5.96 Å². The first-order valence-corrected chi connectivity index (χ1v) is 8.53. The zero-order chi connectivity index (χ0) is 17.7. The Morgan fingerprint density at radius 2 is 1.96 bits per heavy atom. The first-order chi connectivity index (χ1) is 11.4. The lowest BCUT2D eigenvalue weighted by Crippen LogP contribution is -2.38. The molecule has 0 aliphatic carbocycles. The van der Waals surface area contributed by atoms with Crippen LogP contribution in [0, 0.1) is 20.8 Å². The molecular weight excluding hydrogens is 298 g/mol. The second-order valence-electron chi connectivity index (χ2n) is 6.19. The summed E-state index contributed by atoms with van der Waals surface area (Å²) < 4.78 is 1.91. The van der Waals surface area contributed by atoms with Crippen LogP contribution < -0.4 is 10.6 Å². The summed E-state index contributed by atoms with van der Waals surface area (Å²) >= 11 is 0. The van der Waals surface area contributed by atoms with Gasteiger partial charge in [-0.3, -0.25) is 4.68 Å². The van der Waals surface area contributed by atoms with Gasteiger partial charge in [0.25, 0.3) is 0 Å². The van der Waals surface area contributed by atoms with E-state index < -0.39 is 0 Å². The Labute approximate surface area is 145 Å². The molecule has 0 saturated heterocycles. The summed E-state index contributed by atoms with van der Waals surface area (Å²) in [5.41, 5.74) is 5.97. The van der Waals surface area contributed by atoms with Gasteiger partial charge < -0.3 is 10.6 Å². The Bertz CT molecular complexity index is 715. The standard InChI is InChI=1S/C19H29N5/c1-7-20-19(21-12-18-15(4)23-24(6)16(18)5)22-14(3)17-11-9-8-10-13(17)2/h8-11,14H,7,12H2,1-6H3,(H2,20,21,22). The summed E-state index contributed by atoms with van der Waals surface area (Å²) in [6.07, 6.45) is 0. The van der Waals surface area contributed by atoms with Crippen LogP contribution in [0.25, 0.3) is 0 Å². The van der Waals surface area contributed by atoms with Crippen molar-refractivity contribution in [1.29, 1.82) is 0 Å². The van der Waals surface area contributed by atoms with E-state index in [9.17, 15) is 0 Å². The number of aliphatic imine (C=N–C) groups is 1. The van der Waals surface area contributed by atoms with Crippen molar-refractivity contribution in [3.8, 4) is 0 Å². The predicted molar refractivity (Wildman–Crippen MR) is 100 cm³/mol. The second kappa shape index (κ2) is 7.99. The highest BCUT2D eigenvalue weighted by molar-refractivity contribution is 5.80. The zero-order valence-corrected chi connectivity index (χ0v) is 15.6. The molecular formula is C19H29N5. The minimum atomic E-state index is 0.195. The maximum atomic E-state index is 4.75. The van der Waals surface area contributed by atoms with Gasteiger partial charge in [-0.1, -0.05) is 24.3 Å². The minimum Gasteiger partial charge on any atom is -0.357 e. The fourth-order valence-corrected chi connectivity index (χ4v) is 2.88. The molecule has 0 saturated carbocycles. The Hall–Kier alpha value is -2.30. The second-order valence-corrected chi connectivity index (χ2v) is 6.19. The van der Waals surface area contributed by atoms with Crippen molar-refractivity contribution < 1.29 is 0 Å². The van der Waals surface area contributed by atoms with Crippen molar-refractivity contribution in [2.45, 2.75) is 47.2 Å². The Balaban J connectivity index is 2.15. The number of nitrogens with zero attached hydrogens (tertiary/aromatic N) is 3. The quantitative estimate of drug-likeness (QED) is 0.655. The molecule has 5 nitrogen and oxygen atoms in total. The molecule has 5 heteroatoms. The highest BCUT2D eigenvalue weighted by atomic mass is 15.3. The van der Waals surface area contributed by atoms with Crippen molar-refractivity contribution in [3.63, 3.8) is 0 Å². The van der Waals surface area contributed by atoms with E-state index in [0.29, 0.717) is 6.54 Å². The van der Waals surface area contributed by atoms with Gasteiger partial charge in [0.2, 0.25) is 0 Å². The Morgan fingerprint density at radius 1 is 1.25 bits per heavy atom. The van der Waals surface area contributed by atoms with E-state index in [4.69, 9.17) is 4.99 Å². The molecule has 2 rings (SSSR count). The van der Waals surface area contributed by atoms with Crippen LogP contribution in [0.4, 0.5) is 0 Å². The third-order valence-corrected chi connectivity index (χ3v) is 4.41. The third kappa shape index (κ3) is 4.16. The van der Waals surface area contributed by atoms with Crippen LogP contribution in [0.15, 0.2) is 29.3 Å². The van der Waals surface area contributed by atoms with Crippen LogP contribution in [0.3, 0.4) is 0 Å². The van der Waals surface area contributed by atoms with Gasteiger partial charge in [0.1, 0.15) is 0 Å². The molecule has 0 aliphatic rings. The van der Waals surface area contributed by atoms with E-state index in [0.717, 1.165) is 18.2 Å². The number of aromatic nitrogens is 2. The molecule has 1 atom stereocenters. The first kappa shape index (κ1) is 18.0. The first-order valence-electron chi connectivity index (χ1n) is 8.53. The topological polar surface area (TPSA) is 54.2 Å². The van der Waals surface area contributed by atoms with Gasteiger partial charge in [-0.2, -0.15) is 5.10 Å². The van der Waals surface area contributed by atoms with Gasteiger partial charge in [0.05, 0.1) is 18.3 Å². The summed E-state index contributed by atoms with van der Waals surface area (Å²) in [6.45, 7) is 12.0. The molecule has 0 spiro atoms. The average Bonchev–Trinajstić information content (AvgIpc) is 2.78. The van der Waals surface area contributed by atoms with Crippen LogP contribution in [-0.2, 0) is 13.6 Å². The van der Waals surface area contributed by atoms with Crippen LogP contribution >= 0.6 is 0 Å². The van der Waals surface area contributed by atoms with E-state index >= 15 is 0 Å². The van der Waals surface area contributed by atoms with Crippen LogP contribution in [0.5, 0.6) is 0 Å². The third-order valence-electron chi connectivity index (χ3n) is 4.41. The molecule has 2 N–H and O–H groups in total. The minimum absolute atomic E-state index is 0.195. The lowest BCUT2D eigenvalue weighted by atomic mass is 10.0. The highest BCUT2D eigenvalue weighted by Gasteiger charge is 2.12. The van der Waals surface area contributed by atoms with Gasteiger partial charge in [-0.05, 0) is 45.7 Å². The highest BCUT2D eigenvalue weighted by Crippen LogP contribution is 2.17. The number of rotatable bonds is 5. The summed E-state index contributed by atoms with van der Waals surface area (Å²) in [7, 11) is 1.97. The molecule has 2 aromatic rings.